The quantitative estimate of drug-likeness (QED) is 0.494. The molecule has 15 heavy (non-hydrogen) atoms. The lowest BCUT2D eigenvalue weighted by Crippen LogP contribution is -2.27. The molecule has 0 aliphatic rings. The van der Waals surface area contributed by atoms with Crippen molar-refractivity contribution in [1.82, 2.24) is 0 Å². The summed E-state index contributed by atoms with van der Waals surface area (Å²) < 4.78 is 23.5. The summed E-state index contributed by atoms with van der Waals surface area (Å²) in [6.07, 6.45) is 1.13. The van der Waals surface area contributed by atoms with Gasteiger partial charge in [0.2, 0.25) is 0 Å². The molecule has 0 fully saturated rings. The minimum absolute atomic E-state index is 0.243. The topological polar surface area (TPSA) is 66.7 Å². The van der Waals surface area contributed by atoms with Crippen molar-refractivity contribution in [2.45, 2.75) is 29.7 Å². The molecule has 0 aromatic carbocycles. The van der Waals surface area contributed by atoms with E-state index in [-0.39, 0.29) is 4.21 Å². The first-order chi connectivity index (χ1) is 6.80. The summed E-state index contributed by atoms with van der Waals surface area (Å²) in [5.74, 6) is 0. The molecule has 0 aliphatic carbocycles. The predicted molar refractivity (Wildman–Crippen MR) is 60.6 cm³/mol. The van der Waals surface area contributed by atoms with Crippen LogP contribution in [-0.2, 0) is 9.84 Å². The Morgan fingerprint density at radius 2 is 2.07 bits per heavy atom. The largest absolute Gasteiger partial charge is 0.411 e. The number of oxime groups is 1. The number of sulfone groups is 1. The third-order valence-corrected chi connectivity index (χ3v) is 5.91. The van der Waals surface area contributed by atoms with Crippen LogP contribution in [0.15, 0.2) is 20.8 Å². The van der Waals surface area contributed by atoms with Crippen LogP contribution in [-0.4, -0.2) is 24.6 Å². The molecule has 0 bridgehead atoms. The fraction of sp³-hybridized carbons (Fsp3) is 0.444. The highest BCUT2D eigenvalue weighted by Gasteiger charge is 2.33. The average Bonchev–Trinajstić information content (AvgIpc) is 2.51. The first-order valence-corrected chi connectivity index (χ1v) is 6.66. The van der Waals surface area contributed by atoms with Crippen molar-refractivity contribution in [1.29, 1.82) is 0 Å². The summed E-state index contributed by atoms with van der Waals surface area (Å²) in [6, 6.07) is 1.61. The summed E-state index contributed by atoms with van der Waals surface area (Å²) >= 11 is 1.13. The monoisotopic (exact) mass is 247 g/mol. The van der Waals surface area contributed by atoms with Crippen molar-refractivity contribution in [2.75, 3.05) is 0 Å². The van der Waals surface area contributed by atoms with E-state index in [4.69, 9.17) is 5.21 Å². The number of hydrogen-bond acceptors (Lipinski definition) is 5. The van der Waals surface area contributed by atoms with Crippen molar-refractivity contribution >= 4 is 27.4 Å². The molecule has 84 valence electrons. The Balaban J connectivity index is 3.35. The highest BCUT2D eigenvalue weighted by molar-refractivity contribution is 7.94. The first-order valence-electron chi connectivity index (χ1n) is 4.30. The van der Waals surface area contributed by atoms with E-state index in [0.29, 0.717) is 5.56 Å². The molecule has 4 nitrogen and oxygen atoms in total. The zero-order valence-corrected chi connectivity index (χ0v) is 10.4. The van der Waals surface area contributed by atoms with Gasteiger partial charge in [-0.25, -0.2) is 8.42 Å². The number of hydrogen-bond donors (Lipinski definition) is 1. The van der Waals surface area contributed by atoms with Gasteiger partial charge < -0.3 is 5.21 Å². The molecule has 0 aliphatic heterocycles. The molecule has 1 rings (SSSR count). The Kier molecular flexibility index (Phi) is 3.20. The van der Waals surface area contributed by atoms with Crippen molar-refractivity contribution < 1.29 is 13.6 Å². The lowest BCUT2D eigenvalue weighted by atomic mass is 10.3. The average molecular weight is 247 g/mol. The third-order valence-electron chi connectivity index (χ3n) is 1.91. The lowest BCUT2D eigenvalue weighted by molar-refractivity contribution is 0.322. The van der Waals surface area contributed by atoms with Gasteiger partial charge in [0.15, 0.2) is 9.84 Å². The smallest absolute Gasteiger partial charge is 0.193 e. The van der Waals surface area contributed by atoms with Gasteiger partial charge in [0, 0.05) is 5.56 Å². The molecular weight excluding hydrogens is 234 g/mol. The van der Waals surface area contributed by atoms with Crippen LogP contribution < -0.4 is 0 Å². The van der Waals surface area contributed by atoms with Crippen molar-refractivity contribution in [3.8, 4) is 0 Å². The minimum atomic E-state index is -3.37. The Labute approximate surface area is 93.2 Å². The van der Waals surface area contributed by atoms with Crippen LogP contribution in [0.4, 0.5) is 0 Å². The molecule has 0 radical (unpaired) electrons. The van der Waals surface area contributed by atoms with Gasteiger partial charge in [0.05, 0.1) is 11.0 Å². The minimum Gasteiger partial charge on any atom is -0.411 e. The molecule has 0 unspecified atom stereocenters. The maximum absolute atomic E-state index is 12.1. The van der Waals surface area contributed by atoms with Crippen LogP contribution in [0, 0.1) is 0 Å². The van der Waals surface area contributed by atoms with Crippen molar-refractivity contribution in [2.24, 2.45) is 5.16 Å². The molecule has 0 spiro atoms. The standard InChI is InChI=1S/C9H13NO3S2/c1-9(2,3)15(12,13)8-7(6-10-11)4-5-14-8/h4-6,11H,1-3H3/b10-6+. The highest BCUT2D eigenvalue weighted by atomic mass is 32.2. The Hall–Kier alpha value is -0.880. The third kappa shape index (κ3) is 2.21. The van der Waals surface area contributed by atoms with E-state index in [9.17, 15) is 8.42 Å². The van der Waals surface area contributed by atoms with Crippen LogP contribution in [0.3, 0.4) is 0 Å². The fourth-order valence-electron chi connectivity index (χ4n) is 0.960. The van der Waals surface area contributed by atoms with E-state index in [1.165, 1.54) is 0 Å². The Morgan fingerprint density at radius 3 is 2.53 bits per heavy atom. The zero-order chi connectivity index (χ0) is 11.7. The van der Waals surface area contributed by atoms with E-state index in [2.05, 4.69) is 5.16 Å². The van der Waals surface area contributed by atoms with Crippen molar-refractivity contribution in [3.63, 3.8) is 0 Å². The Morgan fingerprint density at radius 1 is 1.47 bits per heavy atom. The second kappa shape index (κ2) is 3.94. The van der Waals surface area contributed by atoms with Gasteiger partial charge in [-0.1, -0.05) is 5.16 Å². The summed E-state index contributed by atoms with van der Waals surface area (Å²) in [4.78, 5) is 0. The summed E-state index contributed by atoms with van der Waals surface area (Å²) in [5.41, 5.74) is 0.428. The molecule has 0 saturated carbocycles. The van der Waals surface area contributed by atoms with Crippen molar-refractivity contribution in [3.05, 3.63) is 17.0 Å². The predicted octanol–water partition coefficient (Wildman–Crippen LogP) is 2.13. The number of thiophene rings is 1. The van der Waals surface area contributed by atoms with E-state index in [1.54, 1.807) is 32.2 Å². The molecule has 1 N–H and O–H groups in total. The van der Waals surface area contributed by atoms with E-state index in [0.717, 1.165) is 17.6 Å². The van der Waals surface area contributed by atoms with Gasteiger partial charge in [-0.05, 0) is 32.2 Å². The van der Waals surface area contributed by atoms with Crippen LogP contribution in [0.2, 0.25) is 0 Å². The molecule has 1 heterocycles. The SMILES string of the molecule is CC(C)(C)S(=O)(=O)c1sccc1/C=N/O. The molecule has 1 aromatic rings. The second-order valence-electron chi connectivity index (χ2n) is 4.02. The van der Waals surface area contributed by atoms with Gasteiger partial charge >= 0.3 is 0 Å². The highest BCUT2D eigenvalue weighted by Crippen LogP contribution is 2.30. The molecule has 1 aromatic heterocycles. The lowest BCUT2D eigenvalue weighted by Gasteiger charge is -2.18. The van der Waals surface area contributed by atoms with Gasteiger partial charge in [-0.3, -0.25) is 0 Å². The van der Waals surface area contributed by atoms with Gasteiger partial charge in [-0.2, -0.15) is 0 Å². The maximum Gasteiger partial charge on any atom is 0.193 e. The fourth-order valence-corrected chi connectivity index (χ4v) is 3.97. The second-order valence-corrected chi connectivity index (χ2v) is 7.84. The van der Waals surface area contributed by atoms with Gasteiger partial charge in [0.25, 0.3) is 0 Å². The summed E-state index contributed by atoms with van der Waals surface area (Å²) in [7, 11) is -3.37. The number of rotatable bonds is 2. The van der Waals surface area contributed by atoms with E-state index < -0.39 is 14.6 Å². The maximum atomic E-state index is 12.1. The first kappa shape index (κ1) is 12.2. The Bertz CT molecular complexity index is 466. The zero-order valence-electron chi connectivity index (χ0n) is 8.76. The molecule has 0 amide bonds. The molecule has 0 saturated heterocycles. The summed E-state index contributed by atoms with van der Waals surface area (Å²) in [6.45, 7) is 4.92. The van der Waals surface area contributed by atoms with Crippen LogP contribution in [0.25, 0.3) is 0 Å². The summed E-state index contributed by atoms with van der Waals surface area (Å²) in [5, 5.41) is 12.9. The van der Waals surface area contributed by atoms with Gasteiger partial charge in [-0.15, -0.1) is 11.3 Å². The van der Waals surface area contributed by atoms with Crippen LogP contribution >= 0.6 is 11.3 Å². The normalized spacial score (nSPS) is 13.5. The van der Waals surface area contributed by atoms with E-state index in [1.807, 2.05) is 0 Å². The van der Waals surface area contributed by atoms with Crippen LogP contribution in [0.1, 0.15) is 26.3 Å². The van der Waals surface area contributed by atoms with Crippen LogP contribution in [0.5, 0.6) is 0 Å². The number of nitrogens with zero attached hydrogens (tertiary/aromatic N) is 1. The van der Waals surface area contributed by atoms with E-state index >= 15 is 0 Å². The molecular formula is C9H13NO3S2. The molecule has 0 atom stereocenters. The van der Waals surface area contributed by atoms with Gasteiger partial charge in [0.1, 0.15) is 4.21 Å². The molecule has 6 heteroatoms.